The average molecular weight is 424 g/mol. The minimum Gasteiger partial charge on any atom is -0.343 e. The maximum atomic E-state index is 11.9. The van der Waals surface area contributed by atoms with Crippen LogP contribution in [0.15, 0.2) is 18.2 Å². The Hall–Kier alpha value is -0.682. The van der Waals surface area contributed by atoms with Gasteiger partial charge in [0, 0.05) is 6.42 Å². The van der Waals surface area contributed by atoms with Crippen molar-refractivity contribution >= 4 is 11.4 Å². The summed E-state index contributed by atoms with van der Waals surface area (Å²) in [6, 6.07) is 7.44. The van der Waals surface area contributed by atoms with Gasteiger partial charge in [-0.15, -0.1) is 5.56 Å². The fraction of sp³-hybridized carbons (Fsp3) is 0.412. The van der Waals surface area contributed by atoms with Crippen molar-refractivity contribution in [2.45, 2.75) is 45.4 Å². The van der Waals surface area contributed by atoms with Crippen LogP contribution in [-0.4, -0.2) is 5.78 Å². The standard InChI is InChI=1S/C17H20O.W/c1-5-17(3,4)13-10-9-12(2)15(11-13)14-7-6-8-16(14)18;/h7,9,11H,1,5-6,8H2,2-4H3;/q-2;+2. The smallest absolute Gasteiger partial charge is 0.343 e. The summed E-state index contributed by atoms with van der Waals surface area (Å²) in [6.07, 6.45) is 4.41. The van der Waals surface area contributed by atoms with E-state index in [1.165, 1.54) is 0 Å². The SMILES string of the molecule is [CH2-]CC(C)(C)c1[c-]cc(C)c(C2=CCCC2=O)c1.[W+2]. The third-order valence-corrected chi connectivity index (χ3v) is 3.82. The monoisotopic (exact) mass is 424 g/mol. The molecule has 0 radical (unpaired) electrons. The molecule has 0 fully saturated rings. The third kappa shape index (κ3) is 3.26. The molecule has 0 saturated heterocycles. The summed E-state index contributed by atoms with van der Waals surface area (Å²) in [5, 5.41) is 0. The van der Waals surface area contributed by atoms with Crippen molar-refractivity contribution in [2.75, 3.05) is 0 Å². The Balaban J connectivity index is 0.00000180. The number of allylic oxidation sites excluding steroid dienone is 2. The Morgan fingerprint density at radius 2 is 2.11 bits per heavy atom. The molecule has 0 aromatic heterocycles. The van der Waals surface area contributed by atoms with Crippen molar-refractivity contribution in [1.29, 1.82) is 0 Å². The zero-order valence-electron chi connectivity index (χ0n) is 11.9. The molecule has 0 amide bonds. The van der Waals surface area contributed by atoms with Crippen molar-refractivity contribution in [3.8, 4) is 0 Å². The van der Waals surface area contributed by atoms with Crippen LogP contribution >= 0.6 is 0 Å². The van der Waals surface area contributed by atoms with E-state index in [2.05, 4.69) is 39.0 Å². The molecule has 1 aromatic rings. The van der Waals surface area contributed by atoms with Crippen LogP contribution in [-0.2, 0) is 31.3 Å². The second-order valence-electron chi connectivity index (χ2n) is 5.66. The molecule has 100 valence electrons. The van der Waals surface area contributed by atoms with E-state index in [-0.39, 0.29) is 32.3 Å². The first-order valence-corrected chi connectivity index (χ1v) is 6.51. The predicted molar refractivity (Wildman–Crippen MR) is 75.2 cm³/mol. The van der Waals surface area contributed by atoms with E-state index in [1.807, 2.05) is 13.0 Å². The topological polar surface area (TPSA) is 17.1 Å². The van der Waals surface area contributed by atoms with E-state index >= 15 is 0 Å². The van der Waals surface area contributed by atoms with Gasteiger partial charge in [-0.3, -0.25) is 4.79 Å². The number of hydrogen-bond donors (Lipinski definition) is 0. The third-order valence-electron chi connectivity index (χ3n) is 3.82. The van der Waals surface area contributed by atoms with Gasteiger partial charge in [0.1, 0.15) is 0 Å². The van der Waals surface area contributed by atoms with Gasteiger partial charge in [-0.25, -0.2) is 0 Å². The maximum absolute atomic E-state index is 11.9. The first-order valence-electron chi connectivity index (χ1n) is 6.51. The molecule has 0 aliphatic heterocycles. The number of aryl methyl sites for hydroxylation is 1. The fourth-order valence-electron chi connectivity index (χ4n) is 2.24. The number of carbonyl (C=O) groups is 1. The summed E-state index contributed by atoms with van der Waals surface area (Å²) in [6.45, 7) is 10.4. The van der Waals surface area contributed by atoms with Crippen molar-refractivity contribution in [2.24, 2.45) is 0 Å². The van der Waals surface area contributed by atoms with Gasteiger partial charge < -0.3 is 6.92 Å². The van der Waals surface area contributed by atoms with Crippen LogP contribution in [0, 0.1) is 19.9 Å². The van der Waals surface area contributed by atoms with E-state index in [9.17, 15) is 4.79 Å². The minimum atomic E-state index is 0. The maximum Gasteiger partial charge on any atom is 2.00 e. The Kier molecular flexibility index (Phi) is 5.33. The van der Waals surface area contributed by atoms with Gasteiger partial charge in [-0.05, 0) is 12.0 Å². The summed E-state index contributed by atoms with van der Waals surface area (Å²) in [4.78, 5) is 11.9. The molecule has 2 heteroatoms. The van der Waals surface area contributed by atoms with Crippen LogP contribution in [0.5, 0.6) is 0 Å². The second kappa shape index (κ2) is 6.18. The van der Waals surface area contributed by atoms with Gasteiger partial charge in [0.15, 0.2) is 5.78 Å². The van der Waals surface area contributed by atoms with Crippen molar-refractivity contribution < 1.29 is 25.9 Å². The summed E-state index contributed by atoms with van der Waals surface area (Å²) in [7, 11) is 0. The molecule has 1 aliphatic rings. The molecule has 0 bridgehead atoms. The molecule has 1 aliphatic carbocycles. The van der Waals surface area contributed by atoms with Gasteiger partial charge in [0.05, 0.1) is 0 Å². The van der Waals surface area contributed by atoms with Crippen LogP contribution < -0.4 is 0 Å². The van der Waals surface area contributed by atoms with E-state index in [0.717, 1.165) is 35.1 Å². The average Bonchev–Trinajstić information content (AvgIpc) is 2.76. The molecule has 2 rings (SSSR count). The molecule has 1 nitrogen and oxygen atoms in total. The molecular weight excluding hydrogens is 404 g/mol. The van der Waals surface area contributed by atoms with Gasteiger partial charge in [-0.2, -0.15) is 35.7 Å². The summed E-state index contributed by atoms with van der Waals surface area (Å²) < 4.78 is 0. The molecule has 0 saturated carbocycles. The molecule has 0 N–H and O–H groups in total. The van der Waals surface area contributed by atoms with E-state index in [4.69, 9.17) is 0 Å². The van der Waals surface area contributed by atoms with Gasteiger partial charge in [0.25, 0.3) is 0 Å². The second-order valence-corrected chi connectivity index (χ2v) is 5.66. The Morgan fingerprint density at radius 3 is 2.63 bits per heavy atom. The van der Waals surface area contributed by atoms with E-state index in [1.54, 1.807) is 0 Å². The van der Waals surface area contributed by atoms with Crippen molar-refractivity contribution in [1.82, 2.24) is 0 Å². The number of hydrogen-bond acceptors (Lipinski definition) is 1. The number of ketones is 1. The molecular formula is C17H20OW. The van der Waals surface area contributed by atoms with Crippen LogP contribution in [0.25, 0.3) is 5.57 Å². The Morgan fingerprint density at radius 1 is 1.42 bits per heavy atom. The summed E-state index contributed by atoms with van der Waals surface area (Å²) in [5.74, 6) is 0.266. The number of Topliss-reactive ketones (excluding diaryl/α,β-unsaturated/α-hetero) is 1. The first kappa shape index (κ1) is 16.4. The first-order chi connectivity index (χ1) is 8.45. The Bertz CT molecular complexity index is 512. The van der Waals surface area contributed by atoms with Gasteiger partial charge in [0.2, 0.25) is 0 Å². The number of rotatable bonds is 3. The zero-order chi connectivity index (χ0) is 13.3. The molecule has 1 aromatic carbocycles. The molecule has 0 spiro atoms. The van der Waals surface area contributed by atoms with Crippen molar-refractivity contribution in [3.63, 3.8) is 0 Å². The number of carbonyl (C=O) groups excluding carboxylic acids is 1. The van der Waals surface area contributed by atoms with Gasteiger partial charge >= 0.3 is 21.1 Å². The molecule has 0 atom stereocenters. The zero-order valence-corrected chi connectivity index (χ0v) is 14.8. The van der Waals surface area contributed by atoms with Crippen molar-refractivity contribution in [3.05, 3.63) is 47.9 Å². The van der Waals surface area contributed by atoms with Crippen LogP contribution in [0.2, 0.25) is 0 Å². The quantitative estimate of drug-likeness (QED) is 0.670. The largest absolute Gasteiger partial charge is 2.00 e. The predicted octanol–water partition coefficient (Wildman–Crippen LogP) is 4.04. The van der Waals surface area contributed by atoms with Crippen LogP contribution in [0.3, 0.4) is 0 Å². The van der Waals surface area contributed by atoms with Gasteiger partial charge in [-0.1, -0.05) is 32.3 Å². The molecule has 19 heavy (non-hydrogen) atoms. The molecule has 0 unspecified atom stereocenters. The van der Waals surface area contributed by atoms with E-state index < -0.39 is 0 Å². The fourth-order valence-corrected chi connectivity index (χ4v) is 2.24. The van der Waals surface area contributed by atoms with Crippen LogP contribution in [0.4, 0.5) is 0 Å². The number of benzene rings is 1. The van der Waals surface area contributed by atoms with E-state index in [0.29, 0.717) is 6.42 Å². The summed E-state index contributed by atoms with van der Waals surface area (Å²) in [5.41, 5.74) is 4.24. The molecule has 0 heterocycles. The van der Waals surface area contributed by atoms with Crippen LogP contribution in [0.1, 0.15) is 49.8 Å². The Labute approximate surface area is 130 Å². The minimum absolute atomic E-state index is 0. The summed E-state index contributed by atoms with van der Waals surface area (Å²) >= 11 is 0. The normalized spacial score (nSPS) is 15.2.